The van der Waals surface area contributed by atoms with Crippen LogP contribution in [0.2, 0.25) is 5.02 Å². The van der Waals surface area contributed by atoms with Crippen LogP contribution in [0.15, 0.2) is 24.5 Å². The van der Waals surface area contributed by atoms with Crippen LogP contribution in [-0.4, -0.2) is 50.8 Å². The van der Waals surface area contributed by atoms with Gasteiger partial charge in [0, 0.05) is 35.3 Å². The number of aromatic nitrogens is 2. The van der Waals surface area contributed by atoms with Crippen molar-refractivity contribution in [1.29, 1.82) is 0 Å². The van der Waals surface area contributed by atoms with E-state index in [9.17, 15) is 9.90 Å². The fraction of sp³-hybridized carbons (Fsp3) is 0.600. The standard InChI is InChI=1S/C25H32ClN3O4/c1-16-20(13-30)27-15-29(16)12-22(31)28-8-6-25(7-9-28)11-19-23(32-14-25)18-10-17(26)4-5-21(18)33-24(19,2)3/h4-5,10,15,19,23,30H,6-9,11-14H2,1-3H3. The average molecular weight is 474 g/mol. The Morgan fingerprint density at radius 1 is 1.30 bits per heavy atom. The van der Waals surface area contributed by atoms with Gasteiger partial charge in [-0.05, 0) is 63.6 Å². The van der Waals surface area contributed by atoms with Gasteiger partial charge in [0.15, 0.2) is 0 Å². The summed E-state index contributed by atoms with van der Waals surface area (Å²) in [5, 5.41) is 10.0. The Morgan fingerprint density at radius 3 is 2.76 bits per heavy atom. The number of likely N-dealkylation sites (tertiary alicyclic amines) is 1. The minimum absolute atomic E-state index is 0.0160. The quantitative estimate of drug-likeness (QED) is 0.731. The summed E-state index contributed by atoms with van der Waals surface area (Å²) < 4.78 is 14.7. The van der Waals surface area contributed by atoms with Crippen molar-refractivity contribution < 1.29 is 19.4 Å². The van der Waals surface area contributed by atoms with Crippen molar-refractivity contribution in [3.63, 3.8) is 0 Å². The van der Waals surface area contributed by atoms with E-state index in [0.29, 0.717) is 17.3 Å². The lowest BCUT2D eigenvalue weighted by atomic mass is 9.64. The van der Waals surface area contributed by atoms with Gasteiger partial charge in [0.1, 0.15) is 17.9 Å². The van der Waals surface area contributed by atoms with Gasteiger partial charge in [-0.1, -0.05) is 11.6 Å². The number of hydrogen-bond acceptors (Lipinski definition) is 5. The monoisotopic (exact) mass is 473 g/mol. The fourth-order valence-electron chi connectivity index (χ4n) is 5.75. The topological polar surface area (TPSA) is 76.8 Å². The van der Waals surface area contributed by atoms with E-state index < -0.39 is 0 Å². The van der Waals surface area contributed by atoms with E-state index in [-0.39, 0.29) is 42.1 Å². The SMILES string of the molecule is Cc1c(CO)ncn1CC(=O)N1CCC2(CC1)COC1c3cc(Cl)ccc3OC(C)(C)C1C2. The first-order chi connectivity index (χ1) is 15.7. The van der Waals surface area contributed by atoms with Crippen LogP contribution in [0.3, 0.4) is 0 Å². The Hall–Kier alpha value is -2.09. The Morgan fingerprint density at radius 2 is 2.06 bits per heavy atom. The molecule has 2 atom stereocenters. The largest absolute Gasteiger partial charge is 0.487 e. The van der Waals surface area contributed by atoms with Gasteiger partial charge >= 0.3 is 0 Å². The molecule has 2 fully saturated rings. The van der Waals surface area contributed by atoms with Gasteiger partial charge in [-0.2, -0.15) is 0 Å². The van der Waals surface area contributed by atoms with Crippen LogP contribution in [0.4, 0.5) is 0 Å². The summed E-state index contributed by atoms with van der Waals surface area (Å²) in [5.41, 5.74) is 2.23. The number of benzene rings is 1. The third-order valence-corrected chi connectivity index (χ3v) is 8.20. The van der Waals surface area contributed by atoms with Crippen molar-refractivity contribution in [3.8, 4) is 5.75 Å². The third kappa shape index (κ3) is 4.04. The second kappa shape index (κ2) is 8.29. The lowest BCUT2D eigenvalue weighted by Gasteiger charge is -2.54. The fourth-order valence-corrected chi connectivity index (χ4v) is 5.93. The van der Waals surface area contributed by atoms with Gasteiger partial charge < -0.3 is 24.0 Å². The molecule has 2 saturated heterocycles. The zero-order chi connectivity index (χ0) is 23.4. The van der Waals surface area contributed by atoms with Gasteiger partial charge in [-0.3, -0.25) is 4.79 Å². The normalized spacial score (nSPS) is 25.3. The van der Waals surface area contributed by atoms with Gasteiger partial charge in [-0.15, -0.1) is 0 Å². The highest BCUT2D eigenvalue weighted by Crippen LogP contribution is 2.55. The number of imidazole rings is 1. The van der Waals surface area contributed by atoms with E-state index in [4.69, 9.17) is 21.1 Å². The number of carbonyl (C=O) groups excluding carboxylic acids is 1. The number of halogens is 1. The zero-order valence-corrected chi connectivity index (χ0v) is 20.3. The molecule has 1 aromatic carbocycles. The predicted molar refractivity (Wildman–Crippen MR) is 124 cm³/mol. The maximum absolute atomic E-state index is 12.9. The van der Waals surface area contributed by atoms with Crippen LogP contribution in [0.25, 0.3) is 0 Å². The van der Waals surface area contributed by atoms with Gasteiger partial charge in [0.05, 0.1) is 31.3 Å². The number of aliphatic hydroxyl groups excluding tert-OH is 1. The van der Waals surface area contributed by atoms with Gasteiger partial charge in [-0.25, -0.2) is 4.98 Å². The molecule has 7 nitrogen and oxygen atoms in total. The number of ether oxygens (including phenoxy) is 2. The molecule has 4 heterocycles. The highest BCUT2D eigenvalue weighted by molar-refractivity contribution is 6.30. The molecule has 2 unspecified atom stereocenters. The molecular formula is C25H32ClN3O4. The molecule has 0 bridgehead atoms. The summed E-state index contributed by atoms with van der Waals surface area (Å²) in [6.45, 7) is 8.47. The second-order valence-electron chi connectivity index (χ2n) is 10.4. The van der Waals surface area contributed by atoms with Crippen molar-refractivity contribution in [2.45, 2.75) is 64.9 Å². The molecule has 33 heavy (non-hydrogen) atoms. The minimum Gasteiger partial charge on any atom is -0.487 e. The predicted octanol–water partition coefficient (Wildman–Crippen LogP) is 3.89. The molecule has 3 aliphatic heterocycles. The van der Waals surface area contributed by atoms with Crippen LogP contribution in [-0.2, 0) is 22.7 Å². The summed E-state index contributed by atoms with van der Waals surface area (Å²) in [6.07, 6.45) is 4.47. The number of nitrogens with zero attached hydrogens (tertiary/aromatic N) is 3. The summed E-state index contributed by atoms with van der Waals surface area (Å²) in [5.74, 6) is 1.18. The highest BCUT2D eigenvalue weighted by Gasteiger charge is 2.52. The maximum Gasteiger partial charge on any atom is 0.242 e. The molecular weight excluding hydrogens is 442 g/mol. The smallest absolute Gasteiger partial charge is 0.242 e. The van der Waals surface area contributed by atoms with E-state index in [2.05, 4.69) is 18.8 Å². The molecule has 1 spiro atoms. The number of carbonyl (C=O) groups is 1. The molecule has 0 saturated carbocycles. The third-order valence-electron chi connectivity index (χ3n) is 7.97. The first kappa shape index (κ1) is 22.7. The first-order valence-corrected chi connectivity index (χ1v) is 12.1. The Bertz CT molecular complexity index is 1060. The molecule has 8 heteroatoms. The van der Waals surface area contributed by atoms with Crippen LogP contribution < -0.4 is 4.74 Å². The average Bonchev–Trinajstić information content (AvgIpc) is 3.14. The van der Waals surface area contributed by atoms with E-state index >= 15 is 0 Å². The van der Waals surface area contributed by atoms with Crippen molar-refractivity contribution in [3.05, 3.63) is 46.5 Å². The zero-order valence-electron chi connectivity index (χ0n) is 19.5. The molecule has 5 rings (SSSR count). The minimum atomic E-state index is -0.338. The molecule has 1 N–H and O–H groups in total. The van der Waals surface area contributed by atoms with Crippen molar-refractivity contribution in [1.82, 2.24) is 14.5 Å². The number of rotatable bonds is 3. The maximum atomic E-state index is 12.9. The van der Waals surface area contributed by atoms with Crippen molar-refractivity contribution >= 4 is 17.5 Å². The van der Waals surface area contributed by atoms with Crippen LogP contribution in [0.5, 0.6) is 5.75 Å². The van der Waals surface area contributed by atoms with Crippen molar-refractivity contribution in [2.24, 2.45) is 11.3 Å². The van der Waals surface area contributed by atoms with Crippen molar-refractivity contribution in [2.75, 3.05) is 19.7 Å². The number of hydrogen-bond donors (Lipinski definition) is 1. The molecule has 2 aromatic rings. The molecule has 178 valence electrons. The molecule has 0 aliphatic carbocycles. The summed E-state index contributed by atoms with van der Waals surface area (Å²) in [4.78, 5) is 19.1. The van der Waals surface area contributed by atoms with E-state index in [1.54, 1.807) is 6.33 Å². The Balaban J connectivity index is 1.26. The van der Waals surface area contributed by atoms with Gasteiger partial charge in [0.2, 0.25) is 5.91 Å². The number of piperidine rings is 1. The number of aliphatic hydroxyl groups is 1. The molecule has 1 aromatic heterocycles. The van der Waals surface area contributed by atoms with Crippen LogP contribution in [0, 0.1) is 18.3 Å². The van der Waals surface area contributed by atoms with Gasteiger partial charge in [0.25, 0.3) is 0 Å². The summed E-state index contributed by atoms with van der Waals surface area (Å²) in [7, 11) is 0. The lowest BCUT2D eigenvalue weighted by Crippen LogP contribution is -2.54. The lowest BCUT2D eigenvalue weighted by molar-refractivity contribution is -0.176. The van der Waals surface area contributed by atoms with E-state index in [1.807, 2.05) is 34.6 Å². The second-order valence-corrected chi connectivity index (χ2v) is 10.8. The first-order valence-electron chi connectivity index (χ1n) is 11.7. The molecule has 0 radical (unpaired) electrons. The Kier molecular flexibility index (Phi) is 5.70. The summed E-state index contributed by atoms with van der Waals surface area (Å²) in [6, 6.07) is 5.78. The van der Waals surface area contributed by atoms with Crippen LogP contribution in [0.1, 0.15) is 56.2 Å². The summed E-state index contributed by atoms with van der Waals surface area (Å²) >= 11 is 6.28. The van der Waals surface area contributed by atoms with E-state index in [1.165, 1.54) is 0 Å². The van der Waals surface area contributed by atoms with E-state index in [0.717, 1.165) is 49.4 Å². The molecule has 3 aliphatic rings. The molecule has 1 amide bonds. The Labute approximate surface area is 199 Å². The highest BCUT2D eigenvalue weighted by atomic mass is 35.5. The number of amides is 1. The van der Waals surface area contributed by atoms with Crippen LogP contribution >= 0.6 is 11.6 Å². The number of fused-ring (bicyclic) bond motifs is 3.